The van der Waals surface area contributed by atoms with E-state index >= 15 is 0 Å². The topological polar surface area (TPSA) is 36.5 Å². The van der Waals surface area contributed by atoms with Crippen LogP contribution in [0.4, 0.5) is 0 Å². The predicted octanol–water partition coefficient (Wildman–Crippen LogP) is -2.70. The molecule has 1 heterocycles. The van der Waals surface area contributed by atoms with E-state index in [0.717, 1.165) is 11.3 Å². The lowest BCUT2D eigenvalue weighted by Gasteiger charge is -1.92. The fraction of sp³-hybridized carbons (Fsp3) is 0.111. The highest BCUT2D eigenvalue weighted by Crippen LogP contribution is 1.93. The van der Waals surface area contributed by atoms with E-state index in [4.69, 9.17) is 11.6 Å². The Bertz CT molecular complexity index is 355. The Morgan fingerprint density at radius 2 is 2.31 bits per heavy atom. The monoisotopic (exact) mass is 288 g/mol. The number of hydrogen-bond donors (Lipinski definition) is 1. The van der Waals surface area contributed by atoms with E-state index in [1.165, 1.54) is 6.21 Å². The van der Waals surface area contributed by atoms with E-state index in [1.54, 1.807) is 22.9 Å². The summed E-state index contributed by atoms with van der Waals surface area (Å²) in [6, 6.07) is 3.58. The van der Waals surface area contributed by atoms with Crippen LogP contribution in [-0.2, 0) is 7.05 Å². The number of nitrogens with zero attached hydrogens (tertiary/aromatic N) is 2. The van der Waals surface area contributed by atoms with Crippen LogP contribution in [0.1, 0.15) is 11.3 Å². The first kappa shape index (κ1) is 11.9. The maximum absolute atomic E-state index is 8.29. The van der Waals surface area contributed by atoms with Crippen LogP contribution >= 0.6 is 0 Å². The van der Waals surface area contributed by atoms with Gasteiger partial charge in [0, 0.05) is 6.07 Å². The summed E-state index contributed by atoms with van der Waals surface area (Å²) >= 11 is 0. The van der Waals surface area contributed by atoms with Crippen molar-refractivity contribution in [1.82, 2.24) is 0 Å². The Kier molecular flexibility index (Phi) is 5.07. The largest absolute Gasteiger partial charge is 1.00 e. The SMILES string of the molecule is C#Cc1ccc(C=NO)[n+](C)c1.[I-]. The molecule has 0 aromatic carbocycles. The molecule has 0 radical (unpaired) electrons. The van der Waals surface area contributed by atoms with E-state index in [9.17, 15) is 0 Å². The first-order valence-corrected chi connectivity index (χ1v) is 3.41. The van der Waals surface area contributed by atoms with Crippen molar-refractivity contribution in [3.05, 3.63) is 29.6 Å². The summed E-state index contributed by atoms with van der Waals surface area (Å²) in [5.41, 5.74) is 1.59. The number of rotatable bonds is 1. The first-order valence-electron chi connectivity index (χ1n) is 3.41. The molecule has 0 aliphatic rings. The summed E-state index contributed by atoms with van der Waals surface area (Å²) in [6.45, 7) is 0. The van der Waals surface area contributed by atoms with E-state index in [1.807, 2.05) is 7.05 Å². The van der Waals surface area contributed by atoms with Crippen molar-refractivity contribution in [2.24, 2.45) is 12.2 Å². The van der Waals surface area contributed by atoms with Gasteiger partial charge in [-0.15, -0.1) is 6.42 Å². The van der Waals surface area contributed by atoms with Crippen molar-refractivity contribution in [2.45, 2.75) is 0 Å². The molecule has 68 valence electrons. The number of terminal acetylenes is 1. The highest BCUT2D eigenvalue weighted by Gasteiger charge is 2.02. The van der Waals surface area contributed by atoms with Gasteiger partial charge in [0.05, 0.1) is 5.56 Å². The van der Waals surface area contributed by atoms with Gasteiger partial charge in [0.15, 0.2) is 6.20 Å². The van der Waals surface area contributed by atoms with Gasteiger partial charge < -0.3 is 29.2 Å². The van der Waals surface area contributed by atoms with Crippen LogP contribution in [0.25, 0.3) is 0 Å². The number of oxime groups is 1. The zero-order valence-corrected chi connectivity index (χ0v) is 9.26. The van der Waals surface area contributed by atoms with Crippen molar-refractivity contribution >= 4 is 6.21 Å². The third kappa shape index (κ3) is 3.03. The number of hydrogen-bond acceptors (Lipinski definition) is 2. The summed E-state index contributed by atoms with van der Waals surface area (Å²) in [6.07, 6.45) is 8.33. The molecule has 0 bridgehead atoms. The fourth-order valence-corrected chi connectivity index (χ4v) is 0.898. The molecule has 0 atom stereocenters. The van der Waals surface area contributed by atoms with Crippen LogP contribution < -0.4 is 28.5 Å². The standard InChI is InChI=1S/C9H8N2O.HI/c1-3-8-4-5-9(6-10-12)11(2)7-8;/h1,4-7H,2H3;1H. The molecule has 0 unspecified atom stereocenters. The maximum Gasteiger partial charge on any atom is 0.226 e. The van der Waals surface area contributed by atoms with Crippen LogP contribution in [0, 0.1) is 12.3 Å². The molecule has 1 aromatic rings. The molecule has 1 rings (SSSR count). The van der Waals surface area contributed by atoms with Gasteiger partial charge in [-0.25, -0.2) is 0 Å². The minimum Gasteiger partial charge on any atom is -1.00 e. The van der Waals surface area contributed by atoms with Crippen molar-refractivity contribution in [1.29, 1.82) is 0 Å². The van der Waals surface area contributed by atoms with Crippen LogP contribution in [0.5, 0.6) is 0 Å². The molecule has 4 heteroatoms. The van der Waals surface area contributed by atoms with Gasteiger partial charge in [-0.2, -0.15) is 4.57 Å². The molecule has 13 heavy (non-hydrogen) atoms. The molecule has 0 aliphatic carbocycles. The van der Waals surface area contributed by atoms with Crippen molar-refractivity contribution in [3.8, 4) is 12.3 Å². The van der Waals surface area contributed by atoms with Gasteiger partial charge in [-0.05, 0) is 6.07 Å². The van der Waals surface area contributed by atoms with Gasteiger partial charge in [-0.3, -0.25) is 0 Å². The molecule has 1 aromatic heterocycles. The average molecular weight is 288 g/mol. The van der Waals surface area contributed by atoms with E-state index < -0.39 is 0 Å². The van der Waals surface area contributed by atoms with E-state index in [2.05, 4.69) is 11.1 Å². The lowest BCUT2D eigenvalue weighted by molar-refractivity contribution is -0.672. The molecule has 0 fully saturated rings. The highest BCUT2D eigenvalue weighted by molar-refractivity contribution is 5.74. The molecule has 3 nitrogen and oxygen atoms in total. The summed E-state index contributed by atoms with van der Waals surface area (Å²) in [7, 11) is 1.83. The lowest BCUT2D eigenvalue weighted by atomic mass is 10.2. The van der Waals surface area contributed by atoms with Crippen molar-refractivity contribution in [3.63, 3.8) is 0 Å². The summed E-state index contributed by atoms with van der Waals surface area (Å²) in [4.78, 5) is 0. The fourth-order valence-electron chi connectivity index (χ4n) is 0.898. The molecule has 0 spiro atoms. The van der Waals surface area contributed by atoms with Crippen LogP contribution in [0.2, 0.25) is 0 Å². The Hall–Kier alpha value is -1.09. The van der Waals surface area contributed by atoms with Gasteiger partial charge in [-0.1, -0.05) is 11.1 Å². The molecule has 1 N–H and O–H groups in total. The molecular weight excluding hydrogens is 279 g/mol. The third-order valence-corrected chi connectivity index (χ3v) is 1.53. The normalized spacial score (nSPS) is 9.23. The summed E-state index contributed by atoms with van der Waals surface area (Å²) in [5, 5.41) is 11.2. The van der Waals surface area contributed by atoms with Crippen LogP contribution in [0.3, 0.4) is 0 Å². The van der Waals surface area contributed by atoms with Gasteiger partial charge >= 0.3 is 0 Å². The molecule has 0 saturated carbocycles. The number of pyridine rings is 1. The van der Waals surface area contributed by atoms with Crippen molar-refractivity contribution < 1.29 is 33.8 Å². The Morgan fingerprint density at radius 3 is 2.77 bits per heavy atom. The Labute approximate surface area is 94.1 Å². The maximum atomic E-state index is 8.29. The Morgan fingerprint density at radius 1 is 1.62 bits per heavy atom. The zero-order chi connectivity index (χ0) is 8.97. The van der Waals surface area contributed by atoms with E-state index in [-0.39, 0.29) is 24.0 Å². The quantitative estimate of drug-likeness (QED) is 0.150. The molecule has 0 amide bonds. The second kappa shape index (κ2) is 5.54. The first-order chi connectivity index (χ1) is 5.77. The van der Waals surface area contributed by atoms with E-state index in [0.29, 0.717) is 0 Å². The van der Waals surface area contributed by atoms with Gasteiger partial charge in [0.1, 0.15) is 13.3 Å². The number of aryl methyl sites for hydroxylation is 1. The second-order valence-corrected chi connectivity index (χ2v) is 2.34. The lowest BCUT2D eigenvalue weighted by Crippen LogP contribution is -3.00. The Balaban J connectivity index is 0.00000144. The predicted molar refractivity (Wildman–Crippen MR) is 44.9 cm³/mol. The minimum absolute atomic E-state index is 0. The number of aromatic nitrogens is 1. The second-order valence-electron chi connectivity index (χ2n) is 2.34. The van der Waals surface area contributed by atoms with Crippen LogP contribution in [0.15, 0.2) is 23.5 Å². The average Bonchev–Trinajstić information content (AvgIpc) is 2.09. The minimum atomic E-state index is 0. The zero-order valence-electron chi connectivity index (χ0n) is 7.11. The molecule has 0 aliphatic heterocycles. The highest BCUT2D eigenvalue weighted by atomic mass is 127. The van der Waals surface area contributed by atoms with Crippen LogP contribution in [-0.4, -0.2) is 11.4 Å². The van der Waals surface area contributed by atoms with Gasteiger partial charge in [0.2, 0.25) is 5.69 Å². The smallest absolute Gasteiger partial charge is 0.226 e. The molecular formula is C9H9IN2O. The number of halogens is 1. The van der Waals surface area contributed by atoms with Gasteiger partial charge in [0.25, 0.3) is 0 Å². The summed E-state index contributed by atoms with van der Waals surface area (Å²) < 4.78 is 1.79. The van der Waals surface area contributed by atoms with Crippen molar-refractivity contribution in [2.75, 3.05) is 0 Å². The summed E-state index contributed by atoms with van der Waals surface area (Å²) in [5.74, 6) is 2.51. The third-order valence-electron chi connectivity index (χ3n) is 1.53. The molecule has 0 saturated heterocycles.